The Kier molecular flexibility index (Phi) is 6.25. The summed E-state index contributed by atoms with van der Waals surface area (Å²) in [6, 6.07) is 6.22. The topological polar surface area (TPSA) is 78.4 Å². The average molecular weight is 304 g/mol. The number of hydrogen-bond acceptors (Lipinski definition) is 3. The van der Waals surface area contributed by atoms with Crippen molar-refractivity contribution in [3.63, 3.8) is 0 Å². The van der Waals surface area contributed by atoms with Crippen molar-refractivity contribution in [3.8, 4) is 5.75 Å². The molecule has 0 radical (unpaired) electrons. The zero-order chi connectivity index (χ0) is 15.8. The molecule has 1 aromatic rings. The highest BCUT2D eigenvalue weighted by Gasteiger charge is 2.14. The molecule has 0 spiro atoms. The van der Waals surface area contributed by atoms with Gasteiger partial charge in [0, 0.05) is 6.42 Å². The minimum Gasteiger partial charge on any atom is -0.507 e. The molecule has 0 heterocycles. The monoisotopic (exact) mass is 304 g/mol. The molecule has 0 saturated heterocycles. The van der Waals surface area contributed by atoms with Crippen LogP contribution >= 0.6 is 0 Å². The van der Waals surface area contributed by atoms with Gasteiger partial charge < -0.3 is 5.11 Å². The predicted molar refractivity (Wildman–Crippen MR) is 84.1 cm³/mol. The van der Waals surface area contributed by atoms with Crippen LogP contribution in [0, 0.1) is 5.92 Å². The molecule has 1 aliphatic rings. The lowest BCUT2D eigenvalue weighted by molar-refractivity contribution is -0.122. The van der Waals surface area contributed by atoms with E-state index in [4.69, 9.17) is 0 Å². The van der Waals surface area contributed by atoms with E-state index in [2.05, 4.69) is 10.9 Å². The van der Waals surface area contributed by atoms with Crippen molar-refractivity contribution in [1.29, 1.82) is 0 Å². The van der Waals surface area contributed by atoms with Gasteiger partial charge in [0.05, 0.1) is 5.56 Å². The molecule has 1 fully saturated rings. The van der Waals surface area contributed by atoms with Crippen molar-refractivity contribution in [2.45, 2.75) is 51.4 Å². The number of rotatable bonds is 5. The zero-order valence-corrected chi connectivity index (χ0v) is 12.8. The van der Waals surface area contributed by atoms with E-state index in [1.54, 1.807) is 12.1 Å². The first-order valence-electron chi connectivity index (χ1n) is 8.04. The van der Waals surface area contributed by atoms with Crippen molar-refractivity contribution in [2.75, 3.05) is 0 Å². The molecule has 5 nitrogen and oxygen atoms in total. The van der Waals surface area contributed by atoms with Gasteiger partial charge in [0.15, 0.2) is 0 Å². The Morgan fingerprint density at radius 3 is 2.55 bits per heavy atom. The number of carbonyl (C=O) groups is 2. The smallest absolute Gasteiger partial charge is 0.273 e. The summed E-state index contributed by atoms with van der Waals surface area (Å²) in [6.07, 6.45) is 8.88. The van der Waals surface area contributed by atoms with Crippen LogP contribution in [0.2, 0.25) is 0 Å². The molecule has 0 bridgehead atoms. The first-order chi connectivity index (χ1) is 10.7. The van der Waals surface area contributed by atoms with E-state index in [9.17, 15) is 14.7 Å². The Labute approximate surface area is 131 Å². The van der Waals surface area contributed by atoms with Gasteiger partial charge in [0.25, 0.3) is 5.91 Å². The maximum absolute atomic E-state index is 11.8. The van der Waals surface area contributed by atoms with Gasteiger partial charge in [0.2, 0.25) is 5.91 Å². The summed E-state index contributed by atoms with van der Waals surface area (Å²) in [5.41, 5.74) is 4.87. The number of amides is 2. The second-order valence-corrected chi connectivity index (χ2v) is 5.92. The Morgan fingerprint density at radius 2 is 1.82 bits per heavy atom. The maximum atomic E-state index is 11.8. The maximum Gasteiger partial charge on any atom is 0.273 e. The first kappa shape index (κ1) is 16.3. The lowest BCUT2D eigenvalue weighted by Crippen LogP contribution is -2.41. The molecule has 1 saturated carbocycles. The third kappa shape index (κ3) is 5.06. The van der Waals surface area contributed by atoms with Crippen LogP contribution < -0.4 is 10.9 Å². The van der Waals surface area contributed by atoms with E-state index in [0.29, 0.717) is 6.42 Å². The van der Waals surface area contributed by atoms with Gasteiger partial charge in [0.1, 0.15) is 5.75 Å². The molecule has 120 valence electrons. The Balaban J connectivity index is 1.65. The molecule has 1 aliphatic carbocycles. The van der Waals surface area contributed by atoms with E-state index >= 15 is 0 Å². The highest BCUT2D eigenvalue weighted by Crippen LogP contribution is 2.27. The number of para-hydroxylation sites is 1. The second-order valence-electron chi connectivity index (χ2n) is 5.92. The number of phenolic OH excluding ortho intramolecular Hbond substituents is 1. The molecule has 1 aromatic carbocycles. The number of phenols is 1. The molecule has 3 N–H and O–H groups in total. The summed E-state index contributed by atoms with van der Waals surface area (Å²) in [4.78, 5) is 23.5. The molecule has 0 atom stereocenters. The molecule has 0 aliphatic heterocycles. The Bertz CT molecular complexity index is 510. The zero-order valence-electron chi connectivity index (χ0n) is 12.8. The van der Waals surface area contributed by atoms with Crippen molar-refractivity contribution in [3.05, 3.63) is 29.8 Å². The average Bonchev–Trinajstić information content (AvgIpc) is 2.54. The minimum absolute atomic E-state index is 0.105. The van der Waals surface area contributed by atoms with Gasteiger partial charge in [-0.2, -0.15) is 0 Å². The van der Waals surface area contributed by atoms with Crippen LogP contribution in [0.3, 0.4) is 0 Å². The molecular weight excluding hydrogens is 280 g/mol. The van der Waals surface area contributed by atoms with Crippen LogP contribution in [-0.4, -0.2) is 16.9 Å². The predicted octanol–water partition coefficient (Wildman–Crippen LogP) is 2.90. The molecular formula is C17H24N2O3. The van der Waals surface area contributed by atoms with Crippen molar-refractivity contribution in [2.24, 2.45) is 5.92 Å². The van der Waals surface area contributed by atoms with Crippen molar-refractivity contribution < 1.29 is 14.7 Å². The van der Waals surface area contributed by atoms with E-state index in [1.807, 2.05) is 0 Å². The Hall–Kier alpha value is -2.04. The van der Waals surface area contributed by atoms with E-state index in [1.165, 1.54) is 44.2 Å². The molecule has 22 heavy (non-hydrogen) atoms. The van der Waals surface area contributed by atoms with Crippen LogP contribution in [0.25, 0.3) is 0 Å². The fourth-order valence-electron chi connectivity index (χ4n) is 2.95. The van der Waals surface area contributed by atoms with Crippen LogP contribution in [-0.2, 0) is 4.79 Å². The largest absolute Gasteiger partial charge is 0.507 e. The highest BCUT2D eigenvalue weighted by atomic mass is 16.3. The third-order valence-corrected chi connectivity index (χ3v) is 4.21. The number of hydrogen-bond donors (Lipinski definition) is 3. The molecule has 0 aromatic heterocycles. The van der Waals surface area contributed by atoms with Gasteiger partial charge in [-0.25, -0.2) is 0 Å². The van der Waals surface area contributed by atoms with Gasteiger partial charge in [-0.15, -0.1) is 0 Å². The lowest BCUT2D eigenvalue weighted by Gasteiger charge is -2.21. The number of hydrazine groups is 1. The number of nitrogens with one attached hydrogen (secondary N) is 2. The standard InChI is InChI=1S/C17H24N2O3/c20-15-11-5-4-10-14(15)17(22)19-18-16(21)12-6-9-13-7-2-1-3-8-13/h4-5,10-11,13,20H,1-3,6-9,12H2,(H,18,21)(H,19,22). The number of carbonyl (C=O) groups excluding carboxylic acids is 2. The summed E-state index contributed by atoms with van der Waals surface area (Å²) in [7, 11) is 0. The van der Waals surface area contributed by atoms with Crippen LogP contribution in [0.4, 0.5) is 0 Å². The second kappa shape index (κ2) is 8.41. The summed E-state index contributed by atoms with van der Waals surface area (Å²) in [5, 5.41) is 9.56. The third-order valence-electron chi connectivity index (χ3n) is 4.21. The lowest BCUT2D eigenvalue weighted by atomic mass is 9.86. The van der Waals surface area contributed by atoms with Gasteiger partial charge in [-0.1, -0.05) is 44.2 Å². The van der Waals surface area contributed by atoms with Gasteiger partial charge >= 0.3 is 0 Å². The van der Waals surface area contributed by atoms with Crippen molar-refractivity contribution >= 4 is 11.8 Å². The summed E-state index contributed by atoms with van der Waals surface area (Å²) in [6.45, 7) is 0. The van der Waals surface area contributed by atoms with E-state index in [-0.39, 0.29) is 17.2 Å². The SMILES string of the molecule is O=C(CCCC1CCCCC1)NNC(=O)c1ccccc1O. The number of benzene rings is 1. The first-order valence-corrected chi connectivity index (χ1v) is 8.04. The summed E-state index contributed by atoms with van der Waals surface area (Å²) < 4.78 is 0. The molecule has 5 heteroatoms. The molecule has 2 amide bonds. The summed E-state index contributed by atoms with van der Waals surface area (Å²) in [5.74, 6) is -0.0535. The van der Waals surface area contributed by atoms with Crippen LogP contribution in [0.15, 0.2) is 24.3 Å². The summed E-state index contributed by atoms with van der Waals surface area (Å²) >= 11 is 0. The van der Waals surface area contributed by atoms with Gasteiger partial charge in [-0.05, 0) is 30.9 Å². The van der Waals surface area contributed by atoms with Crippen LogP contribution in [0.1, 0.15) is 61.7 Å². The van der Waals surface area contributed by atoms with Gasteiger partial charge in [-0.3, -0.25) is 20.4 Å². The minimum atomic E-state index is -0.515. The van der Waals surface area contributed by atoms with Crippen molar-refractivity contribution in [1.82, 2.24) is 10.9 Å². The normalized spacial score (nSPS) is 15.3. The molecule has 2 rings (SSSR count). The fraction of sp³-hybridized carbons (Fsp3) is 0.529. The molecule has 0 unspecified atom stereocenters. The Morgan fingerprint density at radius 1 is 1.09 bits per heavy atom. The highest BCUT2D eigenvalue weighted by molar-refractivity contribution is 5.97. The van der Waals surface area contributed by atoms with E-state index < -0.39 is 5.91 Å². The quantitative estimate of drug-likeness (QED) is 0.732. The van der Waals surface area contributed by atoms with Crippen LogP contribution in [0.5, 0.6) is 5.75 Å². The van der Waals surface area contributed by atoms with E-state index in [0.717, 1.165) is 18.8 Å². The fourth-order valence-corrected chi connectivity index (χ4v) is 2.95. The number of aromatic hydroxyl groups is 1.